The average molecular weight is 235 g/mol. The average Bonchev–Trinajstić information content (AvgIpc) is 2.84. The van der Waals surface area contributed by atoms with Crippen LogP contribution in [0.2, 0.25) is 0 Å². The number of carbonyl (C=O) groups excluding carboxylic acids is 1. The number of carbonyl (C=O) groups is 2. The quantitative estimate of drug-likeness (QED) is 0.762. The summed E-state index contributed by atoms with van der Waals surface area (Å²) in [5.41, 5.74) is 0. The molecule has 1 N–H and O–H groups in total. The van der Waals surface area contributed by atoms with Gasteiger partial charge < -0.3 is 14.3 Å². The van der Waals surface area contributed by atoms with Crippen molar-refractivity contribution in [1.29, 1.82) is 0 Å². The number of hydrogen-bond donors (Lipinski definition) is 1. The Labute approximate surface area is 96.1 Å². The standard InChI is InChI=1S/C11H9NO5/c13-8-5-9-12(8)10(11(14)15)7(17-9)4-6-2-1-3-16-6/h1-4,9-10H,5H2,(H,14,15). The fraction of sp³-hybridized carbons (Fsp3) is 0.273. The van der Waals surface area contributed by atoms with E-state index >= 15 is 0 Å². The predicted octanol–water partition coefficient (Wildman–Crippen LogP) is 0.662. The molecule has 17 heavy (non-hydrogen) atoms. The minimum atomic E-state index is -1.10. The maximum Gasteiger partial charge on any atom is 0.334 e. The number of rotatable bonds is 2. The minimum Gasteiger partial charge on any atom is -0.479 e. The Hall–Kier alpha value is -2.24. The molecule has 2 fully saturated rings. The van der Waals surface area contributed by atoms with Crippen LogP contribution >= 0.6 is 0 Å². The summed E-state index contributed by atoms with van der Waals surface area (Å²) in [6, 6.07) is 2.34. The van der Waals surface area contributed by atoms with Gasteiger partial charge in [0.15, 0.2) is 12.3 Å². The molecule has 0 aromatic carbocycles. The van der Waals surface area contributed by atoms with Crippen LogP contribution in [0.1, 0.15) is 12.2 Å². The first-order valence-electron chi connectivity index (χ1n) is 5.12. The number of nitrogens with zero attached hydrogens (tertiary/aromatic N) is 1. The van der Waals surface area contributed by atoms with Crippen LogP contribution in [0, 0.1) is 0 Å². The molecule has 0 radical (unpaired) electrons. The van der Waals surface area contributed by atoms with Crippen LogP contribution in [0.25, 0.3) is 6.08 Å². The fourth-order valence-electron chi connectivity index (χ4n) is 2.04. The van der Waals surface area contributed by atoms with Gasteiger partial charge in [-0.1, -0.05) is 0 Å². The second-order valence-electron chi connectivity index (χ2n) is 3.88. The first-order chi connectivity index (χ1) is 8.16. The number of amides is 1. The molecule has 1 aromatic heterocycles. The molecule has 3 rings (SSSR count). The van der Waals surface area contributed by atoms with E-state index in [0.717, 1.165) is 0 Å². The highest BCUT2D eigenvalue weighted by molar-refractivity contribution is 5.91. The lowest BCUT2D eigenvalue weighted by atomic mass is 10.1. The Morgan fingerprint density at radius 1 is 1.59 bits per heavy atom. The van der Waals surface area contributed by atoms with E-state index in [1.165, 1.54) is 17.2 Å². The number of fused-ring (bicyclic) bond motifs is 1. The van der Waals surface area contributed by atoms with E-state index in [9.17, 15) is 9.59 Å². The van der Waals surface area contributed by atoms with Gasteiger partial charge in [0.25, 0.3) is 0 Å². The number of furan rings is 1. The SMILES string of the molecule is O=C(O)C1C(=Cc2ccco2)OC2CC(=O)N21. The molecule has 0 bridgehead atoms. The Bertz CT molecular complexity index is 504. The van der Waals surface area contributed by atoms with E-state index in [1.54, 1.807) is 12.1 Å². The normalized spacial score (nSPS) is 28.8. The summed E-state index contributed by atoms with van der Waals surface area (Å²) >= 11 is 0. The zero-order valence-electron chi connectivity index (χ0n) is 8.70. The van der Waals surface area contributed by atoms with Crippen molar-refractivity contribution in [3.63, 3.8) is 0 Å². The van der Waals surface area contributed by atoms with Gasteiger partial charge in [0, 0.05) is 6.08 Å². The first-order valence-corrected chi connectivity index (χ1v) is 5.12. The van der Waals surface area contributed by atoms with E-state index in [4.69, 9.17) is 14.3 Å². The molecule has 2 aliphatic rings. The third-order valence-corrected chi connectivity index (χ3v) is 2.83. The summed E-state index contributed by atoms with van der Waals surface area (Å²) in [6.07, 6.45) is 2.78. The highest BCUT2D eigenvalue weighted by atomic mass is 16.5. The van der Waals surface area contributed by atoms with E-state index in [2.05, 4.69) is 0 Å². The van der Waals surface area contributed by atoms with Crippen molar-refractivity contribution in [1.82, 2.24) is 4.90 Å². The molecule has 1 amide bonds. The lowest BCUT2D eigenvalue weighted by Gasteiger charge is -2.33. The summed E-state index contributed by atoms with van der Waals surface area (Å²) in [5.74, 6) is -0.562. The van der Waals surface area contributed by atoms with Crippen molar-refractivity contribution in [2.45, 2.75) is 18.7 Å². The van der Waals surface area contributed by atoms with Crippen molar-refractivity contribution in [3.8, 4) is 0 Å². The third-order valence-electron chi connectivity index (χ3n) is 2.83. The molecule has 2 saturated heterocycles. The molecular formula is C11H9NO5. The molecule has 3 heterocycles. The topological polar surface area (TPSA) is 80.0 Å². The fourth-order valence-corrected chi connectivity index (χ4v) is 2.04. The van der Waals surface area contributed by atoms with Crippen LogP contribution in [0.15, 0.2) is 28.6 Å². The number of β-lactam (4-membered cyclic amide) rings is 1. The molecule has 6 nitrogen and oxygen atoms in total. The monoisotopic (exact) mass is 235 g/mol. The molecule has 88 valence electrons. The third kappa shape index (κ3) is 1.41. The number of hydrogen-bond acceptors (Lipinski definition) is 4. The maximum absolute atomic E-state index is 11.3. The molecule has 1 aromatic rings. The molecular weight excluding hydrogens is 226 g/mol. The number of carboxylic acid groups (broad SMARTS) is 1. The van der Waals surface area contributed by atoms with Crippen molar-refractivity contribution >= 4 is 18.0 Å². The van der Waals surface area contributed by atoms with Crippen molar-refractivity contribution in [2.75, 3.05) is 0 Å². The van der Waals surface area contributed by atoms with Gasteiger partial charge in [-0.15, -0.1) is 0 Å². The molecule has 2 unspecified atom stereocenters. The Kier molecular flexibility index (Phi) is 1.98. The van der Waals surface area contributed by atoms with Crippen molar-refractivity contribution in [3.05, 3.63) is 29.9 Å². The van der Waals surface area contributed by atoms with Gasteiger partial charge in [-0.05, 0) is 12.1 Å². The molecule has 2 atom stereocenters. The van der Waals surface area contributed by atoms with Crippen LogP contribution in [-0.4, -0.2) is 34.2 Å². The van der Waals surface area contributed by atoms with E-state index in [0.29, 0.717) is 5.76 Å². The van der Waals surface area contributed by atoms with Gasteiger partial charge in [-0.25, -0.2) is 4.79 Å². The van der Waals surface area contributed by atoms with Crippen LogP contribution in [0.4, 0.5) is 0 Å². The Balaban J connectivity index is 1.95. The summed E-state index contributed by atoms with van der Waals surface area (Å²) < 4.78 is 10.5. The Morgan fingerprint density at radius 2 is 2.41 bits per heavy atom. The second-order valence-corrected chi connectivity index (χ2v) is 3.88. The largest absolute Gasteiger partial charge is 0.479 e. The summed E-state index contributed by atoms with van der Waals surface area (Å²) in [5, 5.41) is 9.11. The van der Waals surface area contributed by atoms with Gasteiger partial charge in [0.05, 0.1) is 12.7 Å². The summed E-state index contributed by atoms with van der Waals surface area (Å²) in [4.78, 5) is 23.7. The maximum atomic E-state index is 11.3. The summed E-state index contributed by atoms with van der Waals surface area (Å²) in [6.45, 7) is 0. The minimum absolute atomic E-state index is 0.203. The van der Waals surface area contributed by atoms with Crippen molar-refractivity contribution in [2.24, 2.45) is 0 Å². The lowest BCUT2D eigenvalue weighted by molar-refractivity contribution is -0.163. The highest BCUT2D eigenvalue weighted by Gasteiger charge is 2.53. The predicted molar refractivity (Wildman–Crippen MR) is 54.4 cm³/mol. The zero-order chi connectivity index (χ0) is 12.0. The van der Waals surface area contributed by atoms with Crippen LogP contribution in [0.5, 0.6) is 0 Å². The van der Waals surface area contributed by atoms with Crippen LogP contribution in [-0.2, 0) is 14.3 Å². The van der Waals surface area contributed by atoms with E-state index in [1.807, 2.05) is 0 Å². The number of aliphatic carboxylic acids is 1. The number of ether oxygens (including phenoxy) is 1. The highest BCUT2D eigenvalue weighted by Crippen LogP contribution is 2.37. The van der Waals surface area contributed by atoms with Crippen LogP contribution in [0.3, 0.4) is 0 Å². The number of carboxylic acids is 1. The molecule has 2 aliphatic heterocycles. The first kappa shape index (κ1) is 9.95. The second kappa shape index (κ2) is 3.38. The van der Waals surface area contributed by atoms with Gasteiger partial charge in [-0.2, -0.15) is 0 Å². The van der Waals surface area contributed by atoms with Crippen LogP contribution < -0.4 is 0 Å². The molecule has 0 aliphatic carbocycles. The lowest BCUT2D eigenvalue weighted by Crippen LogP contribution is -2.54. The molecule has 0 saturated carbocycles. The smallest absolute Gasteiger partial charge is 0.334 e. The van der Waals surface area contributed by atoms with E-state index in [-0.39, 0.29) is 18.1 Å². The van der Waals surface area contributed by atoms with Gasteiger partial charge in [-0.3, -0.25) is 9.69 Å². The van der Waals surface area contributed by atoms with Gasteiger partial charge in [0.1, 0.15) is 11.5 Å². The Morgan fingerprint density at radius 3 is 3.00 bits per heavy atom. The van der Waals surface area contributed by atoms with Crippen molar-refractivity contribution < 1.29 is 23.8 Å². The van der Waals surface area contributed by atoms with E-state index < -0.39 is 18.2 Å². The zero-order valence-corrected chi connectivity index (χ0v) is 8.70. The van der Waals surface area contributed by atoms with Gasteiger partial charge >= 0.3 is 5.97 Å². The molecule has 0 spiro atoms. The summed E-state index contributed by atoms with van der Waals surface area (Å²) in [7, 11) is 0. The molecule has 6 heteroatoms. The van der Waals surface area contributed by atoms with Gasteiger partial charge in [0.2, 0.25) is 5.91 Å².